The van der Waals surface area contributed by atoms with Crippen LogP contribution < -0.4 is 5.73 Å². The lowest BCUT2D eigenvalue weighted by Gasteiger charge is -2.34. The highest BCUT2D eigenvalue weighted by Crippen LogP contribution is 2.16. The second-order valence-corrected chi connectivity index (χ2v) is 5.29. The maximum Gasteiger partial charge on any atom is 0.0215 e. The first-order valence-corrected chi connectivity index (χ1v) is 5.23. The molecule has 2 heteroatoms. The molecule has 0 bridgehead atoms. The van der Waals surface area contributed by atoms with E-state index in [1.165, 1.54) is 0 Å². The summed E-state index contributed by atoms with van der Waals surface area (Å²) in [6.45, 7) is 12.2. The van der Waals surface area contributed by atoms with Crippen LogP contribution in [0.3, 0.4) is 0 Å². The molecule has 0 saturated carbocycles. The highest BCUT2D eigenvalue weighted by molar-refractivity contribution is 4.78. The molecule has 2 atom stereocenters. The smallest absolute Gasteiger partial charge is 0.0215 e. The number of nitrogens with two attached hydrogens (primary N) is 1. The molecular weight excluding hydrogens is 160 g/mol. The summed E-state index contributed by atoms with van der Waals surface area (Å²) >= 11 is 0. The van der Waals surface area contributed by atoms with Crippen molar-refractivity contribution in [3.8, 4) is 0 Å². The summed E-state index contributed by atoms with van der Waals surface area (Å²) in [5.74, 6) is 0. The fourth-order valence-corrected chi connectivity index (χ4v) is 1.56. The fourth-order valence-electron chi connectivity index (χ4n) is 1.56. The second kappa shape index (κ2) is 4.97. The Morgan fingerprint density at radius 1 is 1.31 bits per heavy atom. The lowest BCUT2D eigenvalue weighted by molar-refractivity contribution is 0.161. The van der Waals surface area contributed by atoms with Crippen molar-refractivity contribution in [1.29, 1.82) is 0 Å². The van der Waals surface area contributed by atoms with E-state index in [0.29, 0.717) is 17.5 Å². The Morgan fingerprint density at radius 2 is 1.77 bits per heavy atom. The van der Waals surface area contributed by atoms with Gasteiger partial charge in [0.15, 0.2) is 0 Å². The van der Waals surface area contributed by atoms with Crippen molar-refractivity contribution in [2.75, 3.05) is 13.6 Å². The molecule has 0 rings (SSSR count). The van der Waals surface area contributed by atoms with Crippen LogP contribution in [0.2, 0.25) is 0 Å². The van der Waals surface area contributed by atoms with E-state index in [0.717, 1.165) is 13.0 Å². The van der Waals surface area contributed by atoms with Crippen molar-refractivity contribution in [1.82, 2.24) is 4.90 Å². The van der Waals surface area contributed by atoms with Gasteiger partial charge in [0.25, 0.3) is 0 Å². The first kappa shape index (κ1) is 12.9. The number of likely N-dealkylation sites (N-methyl/N-ethyl adjacent to an activating group) is 1. The predicted molar refractivity (Wildman–Crippen MR) is 59.8 cm³/mol. The van der Waals surface area contributed by atoms with Gasteiger partial charge >= 0.3 is 0 Å². The minimum absolute atomic E-state index is 0.298. The lowest BCUT2D eigenvalue weighted by atomic mass is 9.94. The standard InChI is InChI=1S/C11H26N2/c1-7-10(12)9(2)13(6)8-11(3,4)5/h9-10H,7-8,12H2,1-6H3. The predicted octanol–water partition coefficient (Wildman–Crippen LogP) is 2.09. The van der Waals surface area contributed by atoms with E-state index in [4.69, 9.17) is 5.73 Å². The van der Waals surface area contributed by atoms with Gasteiger partial charge in [-0.05, 0) is 25.8 Å². The summed E-state index contributed by atoms with van der Waals surface area (Å²) in [5, 5.41) is 0. The van der Waals surface area contributed by atoms with Crippen LogP contribution in [0.5, 0.6) is 0 Å². The Kier molecular flexibility index (Phi) is 4.93. The average molecular weight is 186 g/mol. The van der Waals surface area contributed by atoms with Crippen molar-refractivity contribution in [3.63, 3.8) is 0 Å². The first-order chi connectivity index (χ1) is 5.78. The van der Waals surface area contributed by atoms with E-state index in [1.807, 2.05) is 0 Å². The van der Waals surface area contributed by atoms with Gasteiger partial charge in [0.2, 0.25) is 0 Å². The molecule has 0 amide bonds. The Bertz CT molecular complexity index is 138. The first-order valence-electron chi connectivity index (χ1n) is 5.23. The van der Waals surface area contributed by atoms with Gasteiger partial charge in [-0.15, -0.1) is 0 Å². The van der Waals surface area contributed by atoms with Crippen molar-refractivity contribution in [3.05, 3.63) is 0 Å². The van der Waals surface area contributed by atoms with E-state index >= 15 is 0 Å². The molecule has 0 aromatic heterocycles. The number of rotatable bonds is 4. The van der Waals surface area contributed by atoms with E-state index in [1.54, 1.807) is 0 Å². The zero-order chi connectivity index (χ0) is 10.6. The van der Waals surface area contributed by atoms with Gasteiger partial charge in [0.05, 0.1) is 0 Å². The highest BCUT2D eigenvalue weighted by Gasteiger charge is 2.20. The molecule has 0 radical (unpaired) electrons. The Balaban J connectivity index is 4.03. The third kappa shape index (κ3) is 5.27. The molecule has 2 unspecified atom stereocenters. The lowest BCUT2D eigenvalue weighted by Crippen LogP contribution is -2.46. The monoisotopic (exact) mass is 186 g/mol. The van der Waals surface area contributed by atoms with Crippen LogP contribution in [-0.4, -0.2) is 30.6 Å². The van der Waals surface area contributed by atoms with Crippen LogP contribution in [-0.2, 0) is 0 Å². The Labute approximate surface area is 83.5 Å². The van der Waals surface area contributed by atoms with E-state index < -0.39 is 0 Å². The molecule has 0 fully saturated rings. The molecule has 0 aliphatic heterocycles. The summed E-state index contributed by atoms with van der Waals surface area (Å²) in [6, 6.07) is 0.775. The van der Waals surface area contributed by atoms with Crippen LogP contribution >= 0.6 is 0 Å². The van der Waals surface area contributed by atoms with E-state index in [-0.39, 0.29) is 0 Å². The Hall–Kier alpha value is -0.0800. The molecule has 2 N–H and O–H groups in total. The van der Waals surface area contributed by atoms with E-state index in [2.05, 4.69) is 46.6 Å². The van der Waals surface area contributed by atoms with Crippen LogP contribution in [0, 0.1) is 5.41 Å². The summed E-state index contributed by atoms with van der Waals surface area (Å²) in [6.07, 6.45) is 1.05. The molecule has 13 heavy (non-hydrogen) atoms. The van der Waals surface area contributed by atoms with Crippen molar-refractivity contribution in [2.24, 2.45) is 11.1 Å². The van der Waals surface area contributed by atoms with Gasteiger partial charge in [0, 0.05) is 18.6 Å². The molecule has 0 saturated heterocycles. The van der Waals surface area contributed by atoms with Gasteiger partial charge in [-0.3, -0.25) is 0 Å². The average Bonchev–Trinajstić information content (AvgIpc) is 1.98. The van der Waals surface area contributed by atoms with Gasteiger partial charge in [-0.25, -0.2) is 0 Å². The highest BCUT2D eigenvalue weighted by atomic mass is 15.1. The maximum absolute atomic E-state index is 5.99. The molecule has 0 aromatic carbocycles. The molecular formula is C11H26N2. The van der Waals surface area contributed by atoms with Gasteiger partial charge in [-0.2, -0.15) is 0 Å². The molecule has 0 heterocycles. The normalized spacial score (nSPS) is 17.5. The third-order valence-electron chi connectivity index (χ3n) is 2.51. The van der Waals surface area contributed by atoms with Gasteiger partial charge < -0.3 is 10.6 Å². The van der Waals surface area contributed by atoms with Crippen LogP contribution in [0.4, 0.5) is 0 Å². The fraction of sp³-hybridized carbons (Fsp3) is 1.00. The number of nitrogens with zero attached hydrogens (tertiary/aromatic N) is 1. The van der Waals surface area contributed by atoms with E-state index in [9.17, 15) is 0 Å². The summed E-state index contributed by atoms with van der Waals surface area (Å²) in [5.41, 5.74) is 6.35. The molecule has 0 aromatic rings. The van der Waals surface area contributed by atoms with Crippen LogP contribution in [0.25, 0.3) is 0 Å². The quantitative estimate of drug-likeness (QED) is 0.728. The molecule has 0 aliphatic carbocycles. The van der Waals surface area contributed by atoms with Gasteiger partial charge in [0.1, 0.15) is 0 Å². The zero-order valence-corrected chi connectivity index (χ0v) is 10.1. The maximum atomic E-state index is 5.99. The minimum Gasteiger partial charge on any atom is -0.326 e. The third-order valence-corrected chi connectivity index (χ3v) is 2.51. The summed E-state index contributed by atoms with van der Waals surface area (Å²) in [4.78, 5) is 2.36. The van der Waals surface area contributed by atoms with Gasteiger partial charge in [-0.1, -0.05) is 27.7 Å². The largest absolute Gasteiger partial charge is 0.326 e. The molecule has 0 spiro atoms. The van der Waals surface area contributed by atoms with Crippen molar-refractivity contribution >= 4 is 0 Å². The molecule has 80 valence electrons. The minimum atomic E-state index is 0.298. The zero-order valence-electron chi connectivity index (χ0n) is 10.1. The topological polar surface area (TPSA) is 29.3 Å². The number of hydrogen-bond acceptors (Lipinski definition) is 2. The summed E-state index contributed by atoms with van der Waals surface area (Å²) < 4.78 is 0. The molecule has 0 aliphatic rings. The second-order valence-electron chi connectivity index (χ2n) is 5.29. The molecule has 2 nitrogen and oxygen atoms in total. The Morgan fingerprint density at radius 3 is 2.08 bits per heavy atom. The van der Waals surface area contributed by atoms with Crippen LogP contribution in [0.15, 0.2) is 0 Å². The van der Waals surface area contributed by atoms with Crippen molar-refractivity contribution in [2.45, 2.75) is 53.1 Å². The number of hydrogen-bond donors (Lipinski definition) is 1. The van der Waals surface area contributed by atoms with Crippen LogP contribution in [0.1, 0.15) is 41.0 Å². The summed E-state index contributed by atoms with van der Waals surface area (Å²) in [7, 11) is 2.16. The SMILES string of the molecule is CCC(N)C(C)N(C)CC(C)(C)C. The van der Waals surface area contributed by atoms with Crippen molar-refractivity contribution < 1.29 is 0 Å².